The molecule has 2 aromatic rings. The predicted octanol–water partition coefficient (Wildman–Crippen LogP) is 0.195. The number of hydrogen-bond acceptors (Lipinski definition) is 9. The zero-order valence-corrected chi connectivity index (χ0v) is 31.4. The first kappa shape index (κ1) is 45.6. The summed E-state index contributed by atoms with van der Waals surface area (Å²) in [4.78, 5) is 86.2. The number of nitrogens with two attached hydrogens (primary N) is 1. The molecule has 2 fully saturated rings. The van der Waals surface area contributed by atoms with Crippen molar-refractivity contribution in [2.24, 2.45) is 17.6 Å². The van der Waals surface area contributed by atoms with Gasteiger partial charge in [-0.1, -0.05) is 12.1 Å². The molecule has 4 rings (SSSR count). The minimum Gasteiger partial charge on any atom is -1.00 e. The van der Waals surface area contributed by atoms with Crippen molar-refractivity contribution in [1.29, 1.82) is 0 Å². The largest absolute Gasteiger partial charge is 1.00 e. The van der Waals surface area contributed by atoms with Gasteiger partial charge in [-0.15, -0.1) is 0 Å². The lowest BCUT2D eigenvalue weighted by atomic mass is 9.92. The molecule has 2 aliphatic rings. The van der Waals surface area contributed by atoms with Crippen LogP contribution < -0.4 is 33.5 Å². The van der Waals surface area contributed by atoms with Crippen LogP contribution in [0.3, 0.4) is 0 Å². The Hall–Kier alpha value is -4.59. The van der Waals surface area contributed by atoms with Crippen molar-refractivity contribution in [3.63, 3.8) is 0 Å². The lowest BCUT2D eigenvalue weighted by molar-refractivity contribution is -0.148. The van der Waals surface area contributed by atoms with Crippen LogP contribution in [0, 0.1) is 35.1 Å². The number of halogens is 5. The van der Waals surface area contributed by atoms with Crippen LogP contribution in [0.2, 0.25) is 0 Å². The fourth-order valence-electron chi connectivity index (χ4n) is 5.25. The van der Waals surface area contributed by atoms with Crippen molar-refractivity contribution in [2.75, 3.05) is 13.1 Å². The number of nitrogens with one attached hydrogen (secondary N) is 3. The Bertz CT molecular complexity index is 1830. The molecule has 296 valence electrons. The van der Waals surface area contributed by atoms with Gasteiger partial charge in [0.05, 0.1) is 21.8 Å². The van der Waals surface area contributed by atoms with Gasteiger partial charge in [-0.3, -0.25) is 44.4 Å². The normalized spacial score (nSPS) is 19.2. The maximum Gasteiger partial charge on any atom is 0.330 e. The van der Waals surface area contributed by atoms with Gasteiger partial charge < -0.3 is 18.1 Å². The summed E-state index contributed by atoms with van der Waals surface area (Å²) in [5, 5.41) is 4.07. The SMILES string of the molecule is CCN1C(=O)NC(=O)C(C(=O)C[C@@H](N[S@](=O)C(C)(C)C)c2ccc(F)c(F)c2)C1=O.CCN1C(=O)NC(=O)C(CC[C@@H](N)c2ccc(F)c(F)c2)C1=O.[Cl-]. The number of Topliss-reactive ketones (excluding diaryl/α,β-unsaturated/α-hetero) is 1. The second-order valence-electron chi connectivity index (χ2n) is 13.0. The van der Waals surface area contributed by atoms with Crippen LogP contribution in [0.25, 0.3) is 0 Å². The molecule has 0 saturated carbocycles. The topological polar surface area (TPSA) is 205 Å². The summed E-state index contributed by atoms with van der Waals surface area (Å²) in [5.41, 5.74) is 6.39. The van der Waals surface area contributed by atoms with Crippen molar-refractivity contribution in [2.45, 2.75) is 70.7 Å². The monoisotopic (exact) mass is 803 g/mol. The number of nitrogens with zero attached hydrogens (tertiary/aromatic N) is 2. The van der Waals surface area contributed by atoms with E-state index in [4.69, 9.17) is 5.73 Å². The highest BCUT2D eigenvalue weighted by Crippen LogP contribution is 2.26. The third kappa shape index (κ3) is 11.0. The van der Waals surface area contributed by atoms with E-state index in [-0.39, 0.29) is 43.9 Å². The molecule has 5 N–H and O–H groups in total. The maximum absolute atomic E-state index is 13.7. The van der Waals surface area contributed by atoms with Crippen LogP contribution in [0.15, 0.2) is 36.4 Å². The van der Waals surface area contributed by atoms with Crippen molar-refractivity contribution >= 4 is 52.5 Å². The average Bonchev–Trinajstić information content (AvgIpc) is 3.06. The molecule has 20 heteroatoms. The number of barbiturate groups is 2. The number of benzene rings is 2. The van der Waals surface area contributed by atoms with Crippen LogP contribution >= 0.6 is 0 Å². The molecule has 2 heterocycles. The summed E-state index contributed by atoms with van der Waals surface area (Å²) < 4.78 is 67.7. The number of carbonyl (C=O) groups excluding carboxylic acids is 7. The summed E-state index contributed by atoms with van der Waals surface area (Å²) in [7, 11) is -1.70. The first-order chi connectivity index (χ1) is 24.7. The number of urea groups is 2. The molecule has 2 aliphatic heterocycles. The summed E-state index contributed by atoms with van der Waals surface area (Å²) >= 11 is 0. The number of ketones is 1. The molecule has 0 bridgehead atoms. The third-order valence-corrected chi connectivity index (χ3v) is 9.87. The highest BCUT2D eigenvalue weighted by atomic mass is 35.5. The summed E-state index contributed by atoms with van der Waals surface area (Å²) in [6.07, 6.45) is -0.197. The Morgan fingerprint density at radius 2 is 1.30 bits per heavy atom. The van der Waals surface area contributed by atoms with E-state index < -0.39 is 111 Å². The molecule has 14 nitrogen and oxygen atoms in total. The summed E-state index contributed by atoms with van der Waals surface area (Å²) in [5.74, 6) is -11.1. The second-order valence-corrected chi connectivity index (χ2v) is 15.0. The van der Waals surface area contributed by atoms with Gasteiger partial charge in [0.1, 0.15) is 5.92 Å². The molecule has 0 spiro atoms. The van der Waals surface area contributed by atoms with Crippen LogP contribution in [-0.2, 0) is 35.0 Å². The van der Waals surface area contributed by atoms with Crippen molar-refractivity contribution in [3.8, 4) is 0 Å². The fraction of sp³-hybridized carbons (Fsp3) is 0.441. The fourth-order valence-corrected chi connectivity index (χ4v) is 6.08. The van der Waals surface area contributed by atoms with Crippen molar-refractivity contribution in [1.82, 2.24) is 25.2 Å². The molecule has 0 radical (unpaired) electrons. The molecule has 5 atom stereocenters. The number of imide groups is 4. The van der Waals surface area contributed by atoms with Gasteiger partial charge in [0, 0.05) is 25.6 Å². The van der Waals surface area contributed by atoms with E-state index in [1.54, 1.807) is 27.7 Å². The quantitative estimate of drug-likeness (QED) is 0.171. The molecule has 2 unspecified atom stereocenters. The number of amides is 8. The smallest absolute Gasteiger partial charge is 0.330 e. The Morgan fingerprint density at radius 3 is 1.80 bits per heavy atom. The lowest BCUT2D eigenvalue weighted by Crippen LogP contribution is -3.00. The summed E-state index contributed by atoms with van der Waals surface area (Å²) in [6, 6.07) is 2.88. The maximum atomic E-state index is 13.7. The summed E-state index contributed by atoms with van der Waals surface area (Å²) in [6.45, 7) is 8.25. The highest BCUT2D eigenvalue weighted by molar-refractivity contribution is 7.84. The molecule has 8 amide bonds. The van der Waals surface area contributed by atoms with Gasteiger partial charge >= 0.3 is 12.1 Å². The van der Waals surface area contributed by atoms with Crippen LogP contribution in [0.1, 0.15) is 77.1 Å². The van der Waals surface area contributed by atoms with Gasteiger partial charge in [0.25, 0.3) is 5.91 Å². The molecule has 0 aromatic heterocycles. The standard InChI is InChI=1S/C19H23F2N3O5S.C15H17F2N3O3.ClH/c1-5-24-17(27)15(16(26)22-18(24)28)14(25)9-13(23-30(29)19(2,3)4)10-6-7-11(20)12(21)8-10;1-2-20-14(22)9(13(21)19-15(20)23)4-6-12(18)8-3-5-10(16)11(17)7-8;/h6-8,13,15,23H,5,9H2,1-4H3,(H,22,26,28);3,5,7,9,12H,2,4,6,18H2,1H3,(H,19,21,23);1H/p-1/t13-,15?,30-;9?,12-;/m11./s1. The average molecular weight is 804 g/mol. The zero-order chi connectivity index (χ0) is 39.9. The van der Waals surface area contributed by atoms with Gasteiger partial charge in [-0.2, -0.15) is 0 Å². The van der Waals surface area contributed by atoms with E-state index >= 15 is 0 Å². The minimum absolute atomic E-state index is 0. The van der Waals surface area contributed by atoms with Gasteiger partial charge in [0.2, 0.25) is 17.7 Å². The van der Waals surface area contributed by atoms with E-state index in [9.17, 15) is 55.3 Å². The third-order valence-electron chi connectivity index (χ3n) is 8.26. The van der Waals surface area contributed by atoms with E-state index in [0.717, 1.165) is 34.1 Å². The van der Waals surface area contributed by atoms with Crippen LogP contribution in [0.5, 0.6) is 0 Å². The second kappa shape index (κ2) is 19.1. The molecule has 0 aliphatic carbocycles. The van der Waals surface area contributed by atoms with Crippen molar-refractivity contribution in [3.05, 3.63) is 70.8 Å². The number of hydrogen-bond donors (Lipinski definition) is 4. The molecular formula is C34H40ClF4N6O8S-. The number of carbonyl (C=O) groups is 7. The van der Waals surface area contributed by atoms with Gasteiger partial charge in [0.15, 0.2) is 35.0 Å². The van der Waals surface area contributed by atoms with E-state index in [2.05, 4.69) is 10.0 Å². The lowest BCUT2D eigenvalue weighted by Gasteiger charge is -2.30. The van der Waals surface area contributed by atoms with E-state index in [1.165, 1.54) is 19.1 Å². The molecule has 54 heavy (non-hydrogen) atoms. The Kier molecular flexibility index (Phi) is 16.1. The van der Waals surface area contributed by atoms with Crippen LogP contribution in [0.4, 0.5) is 27.2 Å². The van der Waals surface area contributed by atoms with E-state index in [1.807, 2.05) is 5.32 Å². The molecule has 2 aromatic carbocycles. The van der Waals surface area contributed by atoms with Crippen LogP contribution in [-0.4, -0.2) is 73.3 Å². The first-order valence-electron chi connectivity index (χ1n) is 16.4. The Morgan fingerprint density at radius 1 is 0.815 bits per heavy atom. The Labute approximate surface area is 316 Å². The van der Waals surface area contributed by atoms with E-state index in [0.29, 0.717) is 5.56 Å². The minimum atomic E-state index is -1.76. The van der Waals surface area contributed by atoms with Crippen molar-refractivity contribution < 1.29 is 67.7 Å². The first-order valence-corrected chi connectivity index (χ1v) is 17.5. The van der Waals surface area contributed by atoms with Gasteiger partial charge in [-0.25, -0.2) is 36.1 Å². The molecular weight excluding hydrogens is 764 g/mol. The zero-order valence-electron chi connectivity index (χ0n) is 29.8. The number of rotatable bonds is 12. The Balaban J connectivity index is 0.000000379. The highest BCUT2D eigenvalue weighted by Gasteiger charge is 2.45. The van der Waals surface area contributed by atoms with Gasteiger partial charge in [-0.05, 0) is 82.9 Å². The predicted molar refractivity (Wildman–Crippen MR) is 181 cm³/mol. The molecule has 2 saturated heterocycles.